The predicted octanol–water partition coefficient (Wildman–Crippen LogP) is 3.58. The molecule has 0 unspecified atom stereocenters. The molecule has 0 radical (unpaired) electrons. The van der Waals surface area contributed by atoms with E-state index in [-0.39, 0.29) is 11.9 Å². The van der Waals surface area contributed by atoms with Crippen LogP contribution in [0.1, 0.15) is 39.3 Å². The zero-order valence-corrected chi connectivity index (χ0v) is 18.8. The van der Waals surface area contributed by atoms with Gasteiger partial charge < -0.3 is 19.7 Å². The summed E-state index contributed by atoms with van der Waals surface area (Å²) in [5.41, 5.74) is 3.01. The molecule has 4 rings (SSSR count). The first-order valence-electron chi connectivity index (χ1n) is 10.7. The van der Waals surface area contributed by atoms with Gasteiger partial charge in [-0.1, -0.05) is 37.3 Å². The lowest BCUT2D eigenvalue weighted by atomic mass is 9.97. The zero-order valence-electron chi connectivity index (χ0n) is 18.0. The van der Waals surface area contributed by atoms with E-state index in [2.05, 4.69) is 30.4 Å². The topological polar surface area (TPSA) is 52.0 Å². The van der Waals surface area contributed by atoms with Crippen LogP contribution in [-0.4, -0.2) is 39.3 Å². The van der Waals surface area contributed by atoms with Crippen LogP contribution in [0, 0.1) is 0 Å². The Hall–Kier alpha value is -2.67. The molecule has 0 aliphatic carbocycles. The molecule has 6 heteroatoms. The maximum Gasteiger partial charge on any atom is 0.256 e. The average molecular weight is 438 g/mol. The number of anilines is 1. The molecule has 1 aromatic heterocycles. The molecular formula is C25H29N2O3S+. The van der Waals surface area contributed by atoms with Crippen molar-refractivity contribution in [3.05, 3.63) is 82.2 Å². The van der Waals surface area contributed by atoms with Gasteiger partial charge in [-0.2, -0.15) is 0 Å². The summed E-state index contributed by atoms with van der Waals surface area (Å²) in [6.45, 7) is 5.48. The summed E-state index contributed by atoms with van der Waals surface area (Å²) >= 11 is 1.67. The van der Waals surface area contributed by atoms with Gasteiger partial charge in [0.2, 0.25) is 0 Å². The summed E-state index contributed by atoms with van der Waals surface area (Å²) in [6.07, 6.45) is 0.933. The number of methoxy groups -OCH3 is 1. The van der Waals surface area contributed by atoms with Gasteiger partial charge in [-0.05, 0) is 36.8 Å². The highest BCUT2D eigenvalue weighted by Crippen LogP contribution is 2.36. The number of carbonyl (C=O) groups excluding carboxylic acids is 1. The molecule has 162 valence electrons. The normalized spacial score (nSPS) is 15.4. The number of aryl methyl sites for hydroxylation is 1. The lowest BCUT2D eigenvalue weighted by Gasteiger charge is -2.32. The molecular weight excluding hydrogens is 408 g/mol. The van der Waals surface area contributed by atoms with Crippen molar-refractivity contribution in [2.45, 2.75) is 19.4 Å². The number of amides is 1. The smallest absolute Gasteiger partial charge is 0.256 e. The number of hydrogen-bond acceptors (Lipinski definition) is 4. The van der Waals surface area contributed by atoms with Crippen molar-refractivity contribution in [2.24, 2.45) is 0 Å². The third-order valence-corrected chi connectivity index (χ3v) is 6.92. The SMILES string of the molecule is CCc1cc([C@@H](c2cccc(OC)c2)[NH+]2CCOCC2)c(NC(=O)c2ccccc2)s1. The Morgan fingerprint density at radius 1 is 1.13 bits per heavy atom. The average Bonchev–Trinajstić information content (AvgIpc) is 3.23. The minimum atomic E-state index is -0.0762. The van der Waals surface area contributed by atoms with Crippen LogP contribution in [0.4, 0.5) is 5.00 Å². The van der Waals surface area contributed by atoms with E-state index in [1.54, 1.807) is 18.4 Å². The molecule has 0 saturated carbocycles. The second-order valence-corrected chi connectivity index (χ2v) is 8.79. The fourth-order valence-electron chi connectivity index (χ4n) is 4.09. The highest BCUT2D eigenvalue weighted by atomic mass is 32.1. The van der Waals surface area contributed by atoms with Crippen molar-refractivity contribution in [2.75, 3.05) is 38.7 Å². The molecule has 1 saturated heterocycles. The molecule has 0 spiro atoms. The first-order valence-corrected chi connectivity index (χ1v) is 11.6. The van der Waals surface area contributed by atoms with E-state index >= 15 is 0 Å². The standard InChI is InChI=1S/C25H28N2O3S/c1-3-21-17-22(25(31-21)26-24(28)18-8-5-4-6-9-18)23(27-12-14-30-15-13-27)19-10-7-11-20(16-19)29-2/h4-11,16-17,23H,3,12-15H2,1-2H3,(H,26,28)/p+1/t23-/m1/s1. The molecule has 5 nitrogen and oxygen atoms in total. The van der Waals surface area contributed by atoms with E-state index in [9.17, 15) is 4.79 Å². The predicted molar refractivity (Wildman–Crippen MR) is 124 cm³/mol. The van der Waals surface area contributed by atoms with E-state index in [1.807, 2.05) is 42.5 Å². The Bertz CT molecular complexity index is 1010. The Labute approximate surface area is 187 Å². The van der Waals surface area contributed by atoms with Crippen LogP contribution in [0.25, 0.3) is 0 Å². The largest absolute Gasteiger partial charge is 0.497 e. The molecule has 2 aromatic carbocycles. The Balaban J connectivity index is 1.75. The quantitative estimate of drug-likeness (QED) is 0.594. The molecule has 1 atom stereocenters. The first kappa shape index (κ1) is 21.6. The number of carbonyl (C=O) groups is 1. The number of rotatable bonds is 7. The van der Waals surface area contributed by atoms with Crippen LogP contribution in [0.2, 0.25) is 0 Å². The van der Waals surface area contributed by atoms with Crippen LogP contribution in [-0.2, 0) is 11.2 Å². The van der Waals surface area contributed by atoms with Gasteiger partial charge in [0.15, 0.2) is 0 Å². The number of nitrogens with one attached hydrogen (secondary N) is 2. The van der Waals surface area contributed by atoms with E-state index in [1.165, 1.54) is 15.3 Å². The van der Waals surface area contributed by atoms with Crippen LogP contribution in [0.5, 0.6) is 5.75 Å². The summed E-state index contributed by atoms with van der Waals surface area (Å²) in [6, 6.07) is 20.0. The number of thiophene rings is 1. The van der Waals surface area contributed by atoms with Gasteiger partial charge in [0.05, 0.1) is 20.3 Å². The Kier molecular flexibility index (Phi) is 7.02. The number of benzene rings is 2. The zero-order chi connectivity index (χ0) is 21.6. The Morgan fingerprint density at radius 3 is 2.61 bits per heavy atom. The van der Waals surface area contributed by atoms with Crippen LogP contribution in [0.15, 0.2) is 60.7 Å². The van der Waals surface area contributed by atoms with Crippen molar-refractivity contribution in [1.29, 1.82) is 0 Å². The van der Waals surface area contributed by atoms with Gasteiger partial charge in [-0.15, -0.1) is 11.3 Å². The van der Waals surface area contributed by atoms with Gasteiger partial charge in [0.25, 0.3) is 5.91 Å². The maximum absolute atomic E-state index is 12.9. The molecule has 2 heterocycles. The van der Waals surface area contributed by atoms with Crippen molar-refractivity contribution in [3.63, 3.8) is 0 Å². The molecule has 2 N–H and O–H groups in total. The van der Waals surface area contributed by atoms with E-state index in [4.69, 9.17) is 9.47 Å². The van der Waals surface area contributed by atoms with Crippen molar-refractivity contribution in [1.82, 2.24) is 0 Å². The number of ether oxygens (including phenoxy) is 2. The first-order chi connectivity index (χ1) is 15.2. The van der Waals surface area contributed by atoms with Gasteiger partial charge in [-0.3, -0.25) is 4.79 Å². The van der Waals surface area contributed by atoms with Gasteiger partial charge in [-0.25, -0.2) is 0 Å². The third kappa shape index (κ3) is 4.98. The lowest BCUT2D eigenvalue weighted by Crippen LogP contribution is -3.14. The fraction of sp³-hybridized carbons (Fsp3) is 0.320. The van der Waals surface area contributed by atoms with Crippen molar-refractivity contribution < 1.29 is 19.2 Å². The second-order valence-electron chi connectivity index (χ2n) is 7.65. The van der Waals surface area contributed by atoms with E-state index < -0.39 is 0 Å². The van der Waals surface area contributed by atoms with Crippen LogP contribution in [0.3, 0.4) is 0 Å². The van der Waals surface area contributed by atoms with Gasteiger partial charge >= 0.3 is 0 Å². The molecule has 1 amide bonds. The molecule has 0 bridgehead atoms. The minimum absolute atomic E-state index is 0.0762. The van der Waals surface area contributed by atoms with Gasteiger partial charge in [0, 0.05) is 21.6 Å². The van der Waals surface area contributed by atoms with E-state index in [0.717, 1.165) is 49.0 Å². The van der Waals surface area contributed by atoms with E-state index in [0.29, 0.717) is 5.56 Å². The summed E-state index contributed by atoms with van der Waals surface area (Å²) in [5.74, 6) is 0.767. The summed E-state index contributed by atoms with van der Waals surface area (Å²) in [5, 5.41) is 4.13. The fourth-order valence-corrected chi connectivity index (χ4v) is 5.12. The van der Waals surface area contributed by atoms with Gasteiger partial charge in [0.1, 0.15) is 29.9 Å². The number of morpholine rings is 1. The third-order valence-electron chi connectivity index (χ3n) is 5.70. The highest BCUT2D eigenvalue weighted by Gasteiger charge is 2.32. The second kappa shape index (κ2) is 10.1. The minimum Gasteiger partial charge on any atom is -0.497 e. The highest BCUT2D eigenvalue weighted by molar-refractivity contribution is 7.16. The molecule has 31 heavy (non-hydrogen) atoms. The molecule has 3 aromatic rings. The molecule has 1 aliphatic heterocycles. The van der Waals surface area contributed by atoms with Crippen molar-refractivity contribution >= 4 is 22.2 Å². The summed E-state index contributed by atoms with van der Waals surface area (Å²) in [4.78, 5) is 15.7. The monoisotopic (exact) mass is 437 g/mol. The lowest BCUT2D eigenvalue weighted by molar-refractivity contribution is -0.933. The molecule has 1 aliphatic rings. The van der Waals surface area contributed by atoms with Crippen LogP contribution >= 0.6 is 11.3 Å². The number of quaternary nitrogens is 1. The maximum atomic E-state index is 12.9. The summed E-state index contributed by atoms with van der Waals surface area (Å²) in [7, 11) is 1.70. The Morgan fingerprint density at radius 2 is 1.90 bits per heavy atom. The van der Waals surface area contributed by atoms with Crippen molar-refractivity contribution in [3.8, 4) is 5.75 Å². The summed E-state index contributed by atoms with van der Waals surface area (Å²) < 4.78 is 11.1. The molecule has 1 fully saturated rings. The van der Waals surface area contributed by atoms with Crippen LogP contribution < -0.4 is 15.0 Å². The number of hydrogen-bond donors (Lipinski definition) is 2.